The fraction of sp³-hybridized carbons (Fsp3) is 0.267. The van der Waals surface area contributed by atoms with Gasteiger partial charge in [0.2, 0.25) is 5.91 Å². The molecule has 0 aliphatic carbocycles. The van der Waals surface area contributed by atoms with Crippen LogP contribution in [0.2, 0.25) is 10.0 Å². The van der Waals surface area contributed by atoms with Crippen molar-refractivity contribution in [3.63, 3.8) is 0 Å². The molecule has 0 saturated carbocycles. The first-order valence-corrected chi connectivity index (χ1v) is 7.05. The molecule has 20 heavy (non-hydrogen) atoms. The second kappa shape index (κ2) is 6.33. The summed E-state index contributed by atoms with van der Waals surface area (Å²) in [5.41, 5.74) is 2.88. The number of nitrogens with zero attached hydrogens (tertiary/aromatic N) is 1. The highest BCUT2D eigenvalue weighted by atomic mass is 35.5. The van der Waals surface area contributed by atoms with Gasteiger partial charge in [-0.25, -0.2) is 0 Å². The van der Waals surface area contributed by atoms with E-state index < -0.39 is 0 Å². The monoisotopic (exact) mass is 310 g/mol. The number of halogens is 2. The Balaban J connectivity index is 1.98. The maximum Gasteiger partial charge on any atom is 0.224 e. The van der Waals surface area contributed by atoms with Crippen LogP contribution in [0, 0.1) is 6.92 Å². The number of carbonyl (C=O) groups is 1. The van der Waals surface area contributed by atoms with Crippen molar-refractivity contribution in [3.8, 4) is 0 Å². The van der Waals surface area contributed by atoms with E-state index in [-0.39, 0.29) is 12.3 Å². The van der Waals surface area contributed by atoms with Crippen LogP contribution in [0.3, 0.4) is 0 Å². The van der Waals surface area contributed by atoms with Crippen LogP contribution in [0.25, 0.3) is 0 Å². The van der Waals surface area contributed by atoms with Crippen LogP contribution in [0.15, 0.2) is 30.3 Å². The summed E-state index contributed by atoms with van der Waals surface area (Å²) in [6.45, 7) is 2.51. The van der Waals surface area contributed by atoms with Crippen molar-refractivity contribution in [2.75, 3.05) is 0 Å². The summed E-state index contributed by atoms with van der Waals surface area (Å²) in [6.07, 6.45) is 0.182. The number of benzene rings is 1. The molecule has 1 aromatic carbocycles. The molecule has 0 aliphatic rings. The van der Waals surface area contributed by atoms with Crippen molar-refractivity contribution in [3.05, 3.63) is 57.3 Å². The van der Waals surface area contributed by atoms with Crippen LogP contribution in [-0.4, -0.2) is 10.5 Å². The first-order chi connectivity index (χ1) is 9.49. The van der Waals surface area contributed by atoms with Crippen molar-refractivity contribution in [2.45, 2.75) is 19.9 Å². The van der Waals surface area contributed by atoms with Crippen molar-refractivity contribution in [1.29, 1.82) is 0 Å². The summed E-state index contributed by atoms with van der Waals surface area (Å²) in [7, 11) is 1.97. The Kier molecular flexibility index (Phi) is 4.73. The number of aryl methyl sites for hydroxylation is 1. The van der Waals surface area contributed by atoms with Gasteiger partial charge in [0.1, 0.15) is 0 Å². The molecule has 0 radical (unpaired) electrons. The Morgan fingerprint density at radius 3 is 2.40 bits per heavy atom. The molecule has 106 valence electrons. The number of hydrogen-bond acceptors (Lipinski definition) is 1. The summed E-state index contributed by atoms with van der Waals surface area (Å²) in [4.78, 5) is 12.0. The van der Waals surface area contributed by atoms with Crippen molar-refractivity contribution in [2.24, 2.45) is 7.05 Å². The van der Waals surface area contributed by atoms with Gasteiger partial charge in [0.05, 0.1) is 13.0 Å². The van der Waals surface area contributed by atoms with Gasteiger partial charge in [-0.15, -0.1) is 0 Å². The van der Waals surface area contributed by atoms with E-state index in [9.17, 15) is 4.79 Å². The standard InChI is InChI=1S/C15H16Cl2N2O/c1-10-6-7-11(19(10)2)9-18-15(20)8-12-13(16)4-3-5-14(12)17/h3-7H,8-9H2,1-2H3,(H,18,20). The Hall–Kier alpha value is -1.45. The van der Waals surface area contributed by atoms with Crippen molar-refractivity contribution < 1.29 is 4.79 Å². The number of nitrogens with one attached hydrogen (secondary N) is 1. The van der Waals surface area contributed by atoms with E-state index in [4.69, 9.17) is 23.2 Å². The largest absolute Gasteiger partial charge is 0.350 e. The summed E-state index contributed by atoms with van der Waals surface area (Å²) in [5, 5.41) is 3.91. The van der Waals surface area contributed by atoms with E-state index in [2.05, 4.69) is 5.32 Å². The minimum absolute atomic E-state index is 0.0983. The second-order valence-corrected chi connectivity index (χ2v) is 5.49. The van der Waals surface area contributed by atoms with Gasteiger partial charge in [-0.05, 0) is 36.8 Å². The molecule has 1 amide bonds. The van der Waals surface area contributed by atoms with Crippen molar-refractivity contribution in [1.82, 2.24) is 9.88 Å². The highest BCUT2D eigenvalue weighted by Crippen LogP contribution is 2.24. The van der Waals surface area contributed by atoms with E-state index in [1.165, 1.54) is 0 Å². The van der Waals surface area contributed by atoms with Crippen LogP contribution < -0.4 is 5.32 Å². The lowest BCUT2D eigenvalue weighted by Gasteiger charge is -2.09. The van der Waals surface area contributed by atoms with Crippen LogP contribution in [0.5, 0.6) is 0 Å². The summed E-state index contributed by atoms with van der Waals surface area (Å²) in [5.74, 6) is -0.0983. The zero-order valence-electron chi connectivity index (χ0n) is 11.4. The third kappa shape index (κ3) is 3.35. The average Bonchev–Trinajstić information content (AvgIpc) is 2.72. The summed E-state index contributed by atoms with van der Waals surface area (Å²) >= 11 is 12.1. The average molecular weight is 311 g/mol. The van der Waals surface area contributed by atoms with Crippen LogP contribution in [0.1, 0.15) is 17.0 Å². The molecular formula is C15H16Cl2N2O. The van der Waals surface area contributed by atoms with Gasteiger partial charge in [0.25, 0.3) is 0 Å². The highest BCUT2D eigenvalue weighted by Gasteiger charge is 2.11. The van der Waals surface area contributed by atoms with Gasteiger partial charge >= 0.3 is 0 Å². The maximum absolute atomic E-state index is 12.0. The molecule has 0 unspecified atom stereocenters. The van der Waals surface area contributed by atoms with Crippen LogP contribution >= 0.6 is 23.2 Å². The fourth-order valence-electron chi connectivity index (χ4n) is 1.96. The van der Waals surface area contributed by atoms with Gasteiger partial charge in [-0.2, -0.15) is 0 Å². The lowest BCUT2D eigenvalue weighted by molar-refractivity contribution is -0.120. The van der Waals surface area contributed by atoms with E-state index in [1.54, 1.807) is 18.2 Å². The maximum atomic E-state index is 12.0. The highest BCUT2D eigenvalue weighted by molar-refractivity contribution is 6.36. The zero-order valence-corrected chi connectivity index (χ0v) is 12.9. The third-order valence-electron chi connectivity index (χ3n) is 3.34. The Morgan fingerprint density at radius 2 is 1.85 bits per heavy atom. The SMILES string of the molecule is Cc1ccc(CNC(=O)Cc2c(Cl)cccc2Cl)n1C. The molecule has 3 nitrogen and oxygen atoms in total. The lowest BCUT2D eigenvalue weighted by atomic mass is 10.1. The summed E-state index contributed by atoms with van der Waals surface area (Å²) in [6, 6.07) is 9.25. The Bertz CT molecular complexity index is 615. The molecule has 2 rings (SSSR count). The molecule has 1 N–H and O–H groups in total. The number of amides is 1. The fourth-order valence-corrected chi connectivity index (χ4v) is 2.49. The molecule has 0 fully saturated rings. The van der Waals surface area contributed by atoms with E-state index in [0.717, 1.165) is 11.4 Å². The molecule has 0 aliphatic heterocycles. The van der Waals surface area contributed by atoms with Gasteiger partial charge in [-0.3, -0.25) is 4.79 Å². The minimum Gasteiger partial charge on any atom is -0.350 e. The van der Waals surface area contributed by atoms with Crippen LogP contribution in [0.4, 0.5) is 0 Å². The summed E-state index contributed by atoms with van der Waals surface area (Å²) < 4.78 is 2.04. The zero-order chi connectivity index (χ0) is 14.7. The normalized spacial score (nSPS) is 10.6. The number of carbonyl (C=O) groups excluding carboxylic acids is 1. The van der Waals surface area contributed by atoms with Gasteiger partial charge in [-0.1, -0.05) is 29.3 Å². The van der Waals surface area contributed by atoms with Gasteiger partial charge in [0.15, 0.2) is 0 Å². The number of aromatic nitrogens is 1. The molecule has 0 bridgehead atoms. The number of hydrogen-bond donors (Lipinski definition) is 1. The predicted octanol–water partition coefficient (Wildman–Crippen LogP) is 3.50. The molecule has 1 aromatic heterocycles. The molecule has 0 atom stereocenters. The minimum atomic E-state index is -0.0983. The van der Waals surface area contributed by atoms with Crippen molar-refractivity contribution >= 4 is 29.1 Å². The molecule has 1 heterocycles. The van der Waals surface area contributed by atoms with Gasteiger partial charge in [0, 0.05) is 28.5 Å². The Labute approximate surface area is 128 Å². The third-order valence-corrected chi connectivity index (χ3v) is 4.05. The van der Waals surface area contributed by atoms with E-state index >= 15 is 0 Å². The number of rotatable bonds is 4. The molecule has 2 aromatic rings. The molecular weight excluding hydrogens is 295 g/mol. The van der Waals surface area contributed by atoms with E-state index in [1.807, 2.05) is 30.7 Å². The quantitative estimate of drug-likeness (QED) is 0.921. The lowest BCUT2D eigenvalue weighted by Crippen LogP contribution is -2.25. The van der Waals surface area contributed by atoms with Crippen LogP contribution in [-0.2, 0) is 24.8 Å². The first kappa shape index (κ1) is 14.9. The van der Waals surface area contributed by atoms with Gasteiger partial charge < -0.3 is 9.88 Å². The predicted molar refractivity (Wildman–Crippen MR) is 82.2 cm³/mol. The van der Waals surface area contributed by atoms with E-state index in [0.29, 0.717) is 22.2 Å². The first-order valence-electron chi connectivity index (χ1n) is 6.30. The molecule has 0 spiro atoms. The molecule has 5 heteroatoms. The Morgan fingerprint density at radius 1 is 1.20 bits per heavy atom. The molecule has 0 saturated heterocycles. The smallest absolute Gasteiger partial charge is 0.224 e. The topological polar surface area (TPSA) is 34.0 Å². The second-order valence-electron chi connectivity index (χ2n) is 4.68.